The minimum absolute atomic E-state index is 0.221. The predicted molar refractivity (Wildman–Crippen MR) is 121 cm³/mol. The van der Waals surface area contributed by atoms with Crippen LogP contribution in [0.3, 0.4) is 0 Å². The van der Waals surface area contributed by atoms with Crippen LogP contribution >= 0.6 is 11.6 Å². The van der Waals surface area contributed by atoms with Crippen LogP contribution < -0.4 is 5.32 Å². The number of halogens is 1. The Morgan fingerprint density at radius 1 is 0.900 bits per heavy atom. The first-order chi connectivity index (χ1) is 14.6. The Labute approximate surface area is 177 Å². The van der Waals surface area contributed by atoms with Crippen LogP contribution in [0.2, 0.25) is 5.02 Å². The number of nitrogens with one attached hydrogen (secondary N) is 1. The minimum atomic E-state index is -0.221. The highest BCUT2D eigenvalue weighted by atomic mass is 35.5. The third-order valence-corrected chi connectivity index (χ3v) is 5.28. The molecule has 0 aliphatic rings. The Morgan fingerprint density at radius 2 is 1.63 bits per heavy atom. The molecule has 5 nitrogen and oxygen atoms in total. The quantitative estimate of drug-likeness (QED) is 0.408. The number of carbonyl (C=O) groups is 1. The van der Waals surface area contributed by atoms with Crippen molar-refractivity contribution < 1.29 is 4.79 Å². The topological polar surface area (TPSA) is 59.8 Å². The van der Waals surface area contributed by atoms with Crippen LogP contribution in [0, 0.1) is 6.92 Å². The van der Waals surface area contributed by atoms with Crippen molar-refractivity contribution in [2.75, 3.05) is 5.32 Å². The molecule has 30 heavy (non-hydrogen) atoms. The summed E-state index contributed by atoms with van der Waals surface area (Å²) in [4.78, 5) is 14.3. The number of aryl methyl sites for hydroxylation is 1. The zero-order chi connectivity index (χ0) is 20.7. The maximum absolute atomic E-state index is 12.6. The molecule has 0 spiro atoms. The second-order valence-electron chi connectivity index (χ2n) is 7.11. The SMILES string of the molecule is Cc1cc2nn(-c3cccc4ccccc34)nc2cc1NC(=O)c1cccc(Cl)c1. The molecule has 0 saturated heterocycles. The molecule has 0 bridgehead atoms. The Bertz CT molecular complexity index is 1420. The van der Waals surface area contributed by atoms with E-state index in [1.165, 1.54) is 0 Å². The number of amides is 1. The van der Waals surface area contributed by atoms with E-state index in [0.29, 0.717) is 21.8 Å². The van der Waals surface area contributed by atoms with E-state index in [1.807, 2.05) is 43.3 Å². The molecule has 0 fully saturated rings. The summed E-state index contributed by atoms with van der Waals surface area (Å²) in [7, 11) is 0. The molecule has 0 radical (unpaired) electrons. The summed E-state index contributed by atoms with van der Waals surface area (Å²) in [5.41, 5.74) is 4.48. The molecular weight excluding hydrogens is 396 g/mol. The molecule has 5 aromatic rings. The van der Waals surface area contributed by atoms with Gasteiger partial charge in [0.1, 0.15) is 11.0 Å². The van der Waals surface area contributed by atoms with Gasteiger partial charge in [0.25, 0.3) is 5.91 Å². The van der Waals surface area contributed by atoms with Crippen molar-refractivity contribution in [3.05, 3.63) is 95.0 Å². The first kappa shape index (κ1) is 18.3. The molecule has 4 aromatic carbocycles. The Kier molecular flexibility index (Phi) is 4.45. The number of anilines is 1. The molecule has 0 saturated carbocycles. The summed E-state index contributed by atoms with van der Waals surface area (Å²) in [5.74, 6) is -0.221. The van der Waals surface area contributed by atoms with Gasteiger partial charge >= 0.3 is 0 Å². The average molecular weight is 413 g/mol. The summed E-state index contributed by atoms with van der Waals surface area (Å²) in [6.45, 7) is 1.93. The van der Waals surface area contributed by atoms with Crippen LogP contribution in [0.4, 0.5) is 5.69 Å². The maximum Gasteiger partial charge on any atom is 0.255 e. The number of rotatable bonds is 3. The fraction of sp³-hybridized carbons (Fsp3) is 0.0417. The van der Waals surface area contributed by atoms with Gasteiger partial charge < -0.3 is 5.32 Å². The van der Waals surface area contributed by atoms with E-state index in [-0.39, 0.29) is 5.91 Å². The van der Waals surface area contributed by atoms with Crippen LogP contribution in [0.15, 0.2) is 78.9 Å². The van der Waals surface area contributed by atoms with Crippen molar-refractivity contribution in [1.82, 2.24) is 15.0 Å². The van der Waals surface area contributed by atoms with Crippen LogP contribution in [-0.4, -0.2) is 20.9 Å². The number of aromatic nitrogens is 3. The molecule has 1 amide bonds. The third kappa shape index (κ3) is 3.29. The van der Waals surface area contributed by atoms with E-state index in [2.05, 4.69) is 33.7 Å². The largest absolute Gasteiger partial charge is 0.322 e. The van der Waals surface area contributed by atoms with Crippen LogP contribution in [-0.2, 0) is 0 Å². The van der Waals surface area contributed by atoms with Crippen LogP contribution in [0.5, 0.6) is 0 Å². The number of hydrogen-bond donors (Lipinski definition) is 1. The van der Waals surface area contributed by atoms with Crippen LogP contribution in [0.1, 0.15) is 15.9 Å². The number of fused-ring (bicyclic) bond motifs is 2. The number of nitrogens with zero attached hydrogens (tertiary/aromatic N) is 3. The molecule has 1 N–H and O–H groups in total. The molecule has 1 heterocycles. The molecule has 146 valence electrons. The standard InChI is InChI=1S/C24H17ClN4O/c1-15-12-21-22(14-20(15)26-24(30)17-8-4-9-18(25)13-17)28-29(27-21)23-11-5-7-16-6-2-3-10-19(16)23/h2-14H,1H3,(H,26,30). The van der Waals surface area contributed by atoms with E-state index >= 15 is 0 Å². The maximum atomic E-state index is 12.6. The van der Waals surface area contributed by atoms with Gasteiger partial charge in [-0.15, -0.1) is 15.0 Å². The predicted octanol–water partition coefficient (Wildman–Crippen LogP) is 5.79. The molecule has 0 aliphatic heterocycles. The van der Waals surface area contributed by atoms with E-state index in [9.17, 15) is 4.79 Å². The van der Waals surface area contributed by atoms with Crippen molar-refractivity contribution in [2.24, 2.45) is 0 Å². The summed E-state index contributed by atoms with van der Waals surface area (Å²) in [6.07, 6.45) is 0. The lowest BCUT2D eigenvalue weighted by Gasteiger charge is -2.08. The second kappa shape index (κ2) is 7.28. The fourth-order valence-electron chi connectivity index (χ4n) is 3.52. The van der Waals surface area contributed by atoms with Crippen molar-refractivity contribution in [3.8, 4) is 5.69 Å². The highest BCUT2D eigenvalue weighted by Gasteiger charge is 2.13. The highest BCUT2D eigenvalue weighted by Crippen LogP contribution is 2.25. The van der Waals surface area contributed by atoms with Gasteiger partial charge in [-0.2, -0.15) is 0 Å². The van der Waals surface area contributed by atoms with Crippen molar-refractivity contribution in [1.29, 1.82) is 0 Å². The number of hydrogen-bond acceptors (Lipinski definition) is 3. The number of carbonyl (C=O) groups excluding carboxylic acids is 1. The van der Waals surface area contributed by atoms with Crippen molar-refractivity contribution >= 4 is 45.0 Å². The zero-order valence-electron chi connectivity index (χ0n) is 16.1. The van der Waals surface area contributed by atoms with Gasteiger partial charge in [0.2, 0.25) is 0 Å². The highest BCUT2D eigenvalue weighted by molar-refractivity contribution is 6.31. The molecular formula is C24H17ClN4O. The van der Waals surface area contributed by atoms with Gasteiger partial charge in [-0.05, 0) is 54.3 Å². The molecule has 0 aliphatic carbocycles. The van der Waals surface area contributed by atoms with Gasteiger partial charge in [0.05, 0.1) is 5.69 Å². The van der Waals surface area contributed by atoms with Crippen molar-refractivity contribution in [3.63, 3.8) is 0 Å². The fourth-order valence-corrected chi connectivity index (χ4v) is 3.71. The normalized spacial score (nSPS) is 11.1. The van der Waals surface area contributed by atoms with Gasteiger partial charge in [-0.25, -0.2) is 0 Å². The number of benzene rings is 4. The zero-order valence-corrected chi connectivity index (χ0v) is 16.9. The lowest BCUT2D eigenvalue weighted by Crippen LogP contribution is -2.12. The Morgan fingerprint density at radius 3 is 2.47 bits per heavy atom. The third-order valence-electron chi connectivity index (χ3n) is 5.04. The Hall–Kier alpha value is -3.70. The van der Waals surface area contributed by atoms with Gasteiger partial charge in [0.15, 0.2) is 0 Å². The van der Waals surface area contributed by atoms with E-state index < -0.39 is 0 Å². The van der Waals surface area contributed by atoms with Gasteiger partial charge in [0, 0.05) is 21.7 Å². The first-order valence-electron chi connectivity index (χ1n) is 9.51. The lowest BCUT2D eigenvalue weighted by molar-refractivity contribution is 0.102. The van der Waals surface area contributed by atoms with Crippen LogP contribution in [0.25, 0.3) is 27.5 Å². The van der Waals surface area contributed by atoms with E-state index in [0.717, 1.165) is 27.5 Å². The van der Waals surface area contributed by atoms with E-state index in [4.69, 9.17) is 11.6 Å². The monoisotopic (exact) mass is 412 g/mol. The van der Waals surface area contributed by atoms with E-state index in [1.54, 1.807) is 29.1 Å². The summed E-state index contributed by atoms with van der Waals surface area (Å²) in [5, 5.41) is 15.0. The molecule has 1 aromatic heterocycles. The first-order valence-corrected chi connectivity index (χ1v) is 9.89. The van der Waals surface area contributed by atoms with Crippen molar-refractivity contribution in [2.45, 2.75) is 6.92 Å². The van der Waals surface area contributed by atoms with Gasteiger partial charge in [-0.1, -0.05) is 54.1 Å². The average Bonchev–Trinajstić information content (AvgIpc) is 3.16. The molecule has 0 atom stereocenters. The van der Waals surface area contributed by atoms with Gasteiger partial charge in [-0.3, -0.25) is 4.79 Å². The summed E-state index contributed by atoms with van der Waals surface area (Å²) in [6, 6.07) is 24.8. The molecule has 6 heteroatoms. The molecule has 5 rings (SSSR count). The Balaban J connectivity index is 1.54. The summed E-state index contributed by atoms with van der Waals surface area (Å²) < 4.78 is 0. The second-order valence-corrected chi connectivity index (χ2v) is 7.54. The minimum Gasteiger partial charge on any atom is -0.322 e. The summed E-state index contributed by atoms with van der Waals surface area (Å²) >= 11 is 6.00. The smallest absolute Gasteiger partial charge is 0.255 e. The molecule has 0 unspecified atom stereocenters. The lowest BCUT2D eigenvalue weighted by atomic mass is 10.1.